The molecule has 2 aromatic heterocycles. The number of hydrazine groups is 1. The van der Waals surface area contributed by atoms with Crippen molar-refractivity contribution in [2.24, 2.45) is 5.84 Å². The second kappa shape index (κ2) is 5.57. The first kappa shape index (κ1) is 13.8. The first-order chi connectivity index (χ1) is 9.51. The number of furan rings is 1. The fourth-order valence-electron chi connectivity index (χ4n) is 1.60. The van der Waals surface area contributed by atoms with Crippen molar-refractivity contribution in [2.45, 2.75) is 6.54 Å². The molecule has 8 nitrogen and oxygen atoms in total. The van der Waals surface area contributed by atoms with Crippen molar-refractivity contribution in [1.82, 2.24) is 15.2 Å². The standard InChI is InChI=1S/C12H15N5O3/c1-16(2)9-4-11(18)17(14-5-9)6-10-3-8(7-20-10)12(19)15-13/h3-5,7H,6,13H2,1-2H3,(H,15,19). The van der Waals surface area contributed by atoms with Gasteiger partial charge in [-0.15, -0.1) is 0 Å². The van der Waals surface area contributed by atoms with E-state index >= 15 is 0 Å². The molecule has 0 aliphatic carbocycles. The second-order valence-electron chi connectivity index (χ2n) is 4.38. The molecule has 2 heterocycles. The van der Waals surface area contributed by atoms with Crippen LogP contribution in [0.4, 0.5) is 5.69 Å². The van der Waals surface area contributed by atoms with E-state index in [2.05, 4.69) is 5.10 Å². The number of carbonyl (C=O) groups is 1. The Kier molecular flexibility index (Phi) is 3.85. The smallest absolute Gasteiger partial charge is 0.269 e. The number of nitrogen functional groups attached to an aromatic ring is 1. The number of aromatic nitrogens is 2. The van der Waals surface area contributed by atoms with E-state index in [1.54, 1.807) is 11.1 Å². The minimum atomic E-state index is -0.455. The van der Waals surface area contributed by atoms with Gasteiger partial charge in [0.15, 0.2) is 0 Å². The molecular weight excluding hydrogens is 262 g/mol. The molecule has 2 rings (SSSR count). The Balaban J connectivity index is 2.20. The molecule has 3 N–H and O–H groups in total. The lowest BCUT2D eigenvalue weighted by molar-refractivity contribution is 0.0953. The summed E-state index contributed by atoms with van der Waals surface area (Å²) >= 11 is 0. The van der Waals surface area contributed by atoms with Crippen LogP contribution in [0, 0.1) is 0 Å². The summed E-state index contributed by atoms with van der Waals surface area (Å²) in [5, 5.41) is 4.05. The number of nitrogens with one attached hydrogen (secondary N) is 1. The fraction of sp³-hybridized carbons (Fsp3) is 0.250. The number of rotatable bonds is 4. The van der Waals surface area contributed by atoms with Gasteiger partial charge in [0.05, 0.1) is 17.4 Å². The Hall–Kier alpha value is -2.61. The largest absolute Gasteiger partial charge is 0.467 e. The van der Waals surface area contributed by atoms with Gasteiger partial charge in [-0.3, -0.25) is 15.0 Å². The number of amides is 1. The van der Waals surface area contributed by atoms with E-state index in [1.807, 2.05) is 19.5 Å². The summed E-state index contributed by atoms with van der Waals surface area (Å²) in [7, 11) is 3.65. The monoisotopic (exact) mass is 277 g/mol. The topological polar surface area (TPSA) is 106 Å². The van der Waals surface area contributed by atoms with Crippen LogP contribution >= 0.6 is 0 Å². The van der Waals surface area contributed by atoms with Crippen molar-refractivity contribution in [1.29, 1.82) is 0 Å². The maximum Gasteiger partial charge on any atom is 0.269 e. The predicted molar refractivity (Wildman–Crippen MR) is 72.3 cm³/mol. The third kappa shape index (κ3) is 2.86. The van der Waals surface area contributed by atoms with Crippen LogP contribution in [0.15, 0.2) is 33.8 Å². The average Bonchev–Trinajstić information content (AvgIpc) is 2.88. The Bertz CT molecular complexity index is 674. The molecule has 0 unspecified atom stereocenters. The van der Waals surface area contributed by atoms with Crippen molar-refractivity contribution in [3.63, 3.8) is 0 Å². The first-order valence-corrected chi connectivity index (χ1v) is 5.84. The van der Waals surface area contributed by atoms with Gasteiger partial charge in [-0.2, -0.15) is 5.10 Å². The number of anilines is 1. The van der Waals surface area contributed by atoms with E-state index in [1.165, 1.54) is 23.1 Å². The third-order valence-electron chi connectivity index (χ3n) is 2.72. The zero-order valence-corrected chi connectivity index (χ0v) is 11.2. The SMILES string of the molecule is CN(C)c1cnn(Cc2cc(C(=O)NN)co2)c(=O)c1. The number of hydrogen-bond acceptors (Lipinski definition) is 6. The Morgan fingerprint density at radius 1 is 1.50 bits per heavy atom. The van der Waals surface area contributed by atoms with Gasteiger partial charge >= 0.3 is 0 Å². The van der Waals surface area contributed by atoms with E-state index in [-0.39, 0.29) is 12.1 Å². The van der Waals surface area contributed by atoms with Crippen LogP contribution in [0.25, 0.3) is 0 Å². The molecule has 0 radical (unpaired) electrons. The summed E-state index contributed by atoms with van der Waals surface area (Å²) in [5.74, 6) is 5.01. The van der Waals surface area contributed by atoms with Gasteiger partial charge in [0.2, 0.25) is 0 Å². The van der Waals surface area contributed by atoms with E-state index in [0.717, 1.165) is 0 Å². The number of hydrogen-bond donors (Lipinski definition) is 2. The molecule has 0 aliphatic heterocycles. The van der Waals surface area contributed by atoms with Gasteiger partial charge in [-0.05, 0) is 6.07 Å². The molecule has 0 atom stereocenters. The lowest BCUT2D eigenvalue weighted by atomic mass is 10.3. The van der Waals surface area contributed by atoms with Crippen molar-refractivity contribution in [3.05, 3.63) is 46.3 Å². The van der Waals surface area contributed by atoms with E-state index in [4.69, 9.17) is 10.3 Å². The van der Waals surface area contributed by atoms with Gasteiger partial charge in [0, 0.05) is 20.2 Å². The maximum absolute atomic E-state index is 11.9. The van der Waals surface area contributed by atoms with Crippen molar-refractivity contribution in [2.75, 3.05) is 19.0 Å². The highest BCUT2D eigenvalue weighted by atomic mass is 16.3. The highest BCUT2D eigenvalue weighted by Gasteiger charge is 2.10. The number of nitrogens with two attached hydrogens (primary N) is 1. The van der Waals surface area contributed by atoms with Crippen molar-refractivity contribution < 1.29 is 9.21 Å². The summed E-state index contributed by atoms with van der Waals surface area (Å²) in [6, 6.07) is 2.99. The zero-order chi connectivity index (χ0) is 14.7. The average molecular weight is 277 g/mol. The van der Waals surface area contributed by atoms with Gasteiger partial charge < -0.3 is 9.32 Å². The summed E-state index contributed by atoms with van der Waals surface area (Å²) < 4.78 is 6.44. The predicted octanol–water partition coefficient (Wildman–Crippen LogP) is -0.446. The van der Waals surface area contributed by atoms with Crippen LogP contribution < -0.4 is 21.7 Å². The van der Waals surface area contributed by atoms with E-state index < -0.39 is 5.91 Å². The highest BCUT2D eigenvalue weighted by molar-refractivity contribution is 5.93. The quantitative estimate of drug-likeness (QED) is 0.445. The van der Waals surface area contributed by atoms with Gasteiger partial charge in [-0.25, -0.2) is 10.5 Å². The van der Waals surface area contributed by atoms with Gasteiger partial charge in [0.25, 0.3) is 11.5 Å². The summed E-state index contributed by atoms with van der Waals surface area (Å²) in [6.45, 7) is 0.143. The number of nitrogens with zero attached hydrogens (tertiary/aromatic N) is 3. The van der Waals surface area contributed by atoms with E-state index in [0.29, 0.717) is 17.0 Å². The molecule has 0 saturated carbocycles. The minimum Gasteiger partial charge on any atom is -0.467 e. The van der Waals surface area contributed by atoms with Gasteiger partial charge in [-0.1, -0.05) is 0 Å². The molecule has 2 aromatic rings. The minimum absolute atomic E-state index is 0.143. The zero-order valence-electron chi connectivity index (χ0n) is 11.2. The molecule has 0 fully saturated rings. The molecule has 20 heavy (non-hydrogen) atoms. The second-order valence-corrected chi connectivity index (χ2v) is 4.38. The fourth-order valence-corrected chi connectivity index (χ4v) is 1.60. The summed E-state index contributed by atoms with van der Waals surface area (Å²) in [5.41, 5.74) is 2.76. The first-order valence-electron chi connectivity index (χ1n) is 5.84. The van der Waals surface area contributed by atoms with Crippen LogP contribution in [0.3, 0.4) is 0 Å². The number of carbonyl (C=O) groups excluding carboxylic acids is 1. The Morgan fingerprint density at radius 3 is 2.85 bits per heavy atom. The van der Waals surface area contributed by atoms with E-state index in [9.17, 15) is 9.59 Å². The Labute approximate surface area is 114 Å². The highest BCUT2D eigenvalue weighted by Crippen LogP contribution is 2.09. The molecule has 0 aliphatic rings. The lowest BCUT2D eigenvalue weighted by Crippen LogP contribution is -2.29. The molecular formula is C12H15N5O3. The molecule has 0 aromatic carbocycles. The molecule has 106 valence electrons. The molecule has 0 saturated heterocycles. The summed E-state index contributed by atoms with van der Waals surface area (Å²) in [6.07, 6.45) is 2.86. The van der Waals surface area contributed by atoms with Crippen LogP contribution in [0.2, 0.25) is 0 Å². The van der Waals surface area contributed by atoms with Crippen LogP contribution in [0.5, 0.6) is 0 Å². The summed E-state index contributed by atoms with van der Waals surface area (Å²) in [4.78, 5) is 24.9. The van der Waals surface area contributed by atoms with Gasteiger partial charge in [0.1, 0.15) is 18.6 Å². The molecule has 0 spiro atoms. The molecule has 1 amide bonds. The van der Waals surface area contributed by atoms with Crippen LogP contribution in [-0.2, 0) is 6.54 Å². The van der Waals surface area contributed by atoms with Crippen LogP contribution in [-0.4, -0.2) is 29.8 Å². The van der Waals surface area contributed by atoms with Crippen molar-refractivity contribution in [3.8, 4) is 0 Å². The van der Waals surface area contributed by atoms with Crippen molar-refractivity contribution >= 4 is 11.6 Å². The molecule has 0 bridgehead atoms. The normalized spacial score (nSPS) is 10.3. The Morgan fingerprint density at radius 2 is 2.25 bits per heavy atom. The molecule has 8 heteroatoms. The lowest BCUT2D eigenvalue weighted by Gasteiger charge is -2.11. The maximum atomic E-state index is 11.9. The third-order valence-corrected chi connectivity index (χ3v) is 2.72. The van der Waals surface area contributed by atoms with Crippen LogP contribution in [0.1, 0.15) is 16.1 Å².